The van der Waals surface area contributed by atoms with E-state index in [9.17, 15) is 0 Å². The number of rotatable bonds is 3. The van der Waals surface area contributed by atoms with Crippen LogP contribution >= 0.6 is 15.9 Å². The van der Waals surface area contributed by atoms with Crippen molar-refractivity contribution in [2.45, 2.75) is 31.6 Å². The molecule has 0 saturated heterocycles. The molecule has 0 radical (unpaired) electrons. The van der Waals surface area contributed by atoms with Crippen molar-refractivity contribution < 1.29 is 0 Å². The van der Waals surface area contributed by atoms with E-state index in [-0.39, 0.29) is 0 Å². The van der Waals surface area contributed by atoms with E-state index in [0.717, 1.165) is 23.7 Å². The molecule has 0 N–H and O–H groups in total. The molecule has 104 valence electrons. The standard InChI is InChI=1S/C17H24BrN/c1-19(2)11-16-12-3-5-13(6-4-12)17(16)14-7-9-15(18)10-8-14/h7-10,12-13,16-17H,3-6,11H2,1-2H3/t12?,13?,16-,17-/m1/s1. The van der Waals surface area contributed by atoms with Crippen LogP contribution in [-0.4, -0.2) is 25.5 Å². The molecule has 1 aromatic rings. The van der Waals surface area contributed by atoms with E-state index in [0.29, 0.717) is 0 Å². The molecule has 1 aromatic carbocycles. The van der Waals surface area contributed by atoms with Crippen molar-refractivity contribution in [1.82, 2.24) is 4.90 Å². The molecular formula is C17H24BrN. The number of fused-ring (bicyclic) bond motifs is 3. The summed E-state index contributed by atoms with van der Waals surface area (Å²) in [6, 6.07) is 9.12. The van der Waals surface area contributed by atoms with E-state index < -0.39 is 0 Å². The molecule has 2 atom stereocenters. The summed E-state index contributed by atoms with van der Waals surface area (Å²) in [7, 11) is 4.45. The zero-order valence-electron chi connectivity index (χ0n) is 12.0. The molecule has 0 amide bonds. The Hall–Kier alpha value is -0.340. The summed E-state index contributed by atoms with van der Waals surface area (Å²) in [4.78, 5) is 2.39. The summed E-state index contributed by atoms with van der Waals surface area (Å²) in [6.45, 7) is 1.25. The second kappa shape index (κ2) is 5.57. The van der Waals surface area contributed by atoms with E-state index in [1.54, 1.807) is 5.56 Å². The van der Waals surface area contributed by atoms with Gasteiger partial charge in [0.05, 0.1) is 0 Å². The average molecular weight is 322 g/mol. The first-order chi connectivity index (χ1) is 9.15. The highest BCUT2D eigenvalue weighted by Gasteiger charge is 2.43. The summed E-state index contributed by atoms with van der Waals surface area (Å²) in [6.07, 6.45) is 5.84. The SMILES string of the molecule is CN(C)C[C@@H]1C2CCC(CC2)[C@@H]1c1ccc(Br)cc1. The zero-order chi connectivity index (χ0) is 13.4. The van der Waals surface area contributed by atoms with Crippen molar-refractivity contribution >= 4 is 15.9 Å². The van der Waals surface area contributed by atoms with Crippen LogP contribution in [0.1, 0.15) is 37.2 Å². The summed E-state index contributed by atoms with van der Waals surface area (Å²) in [5, 5.41) is 0. The molecule has 0 heterocycles. The molecule has 3 fully saturated rings. The molecule has 3 saturated carbocycles. The third kappa shape index (κ3) is 2.75. The molecule has 2 heteroatoms. The maximum absolute atomic E-state index is 3.56. The molecule has 0 aliphatic heterocycles. The predicted molar refractivity (Wildman–Crippen MR) is 84.4 cm³/mol. The second-order valence-electron chi connectivity index (χ2n) is 6.68. The molecule has 1 nitrogen and oxygen atoms in total. The second-order valence-corrected chi connectivity index (χ2v) is 7.59. The van der Waals surface area contributed by atoms with E-state index in [4.69, 9.17) is 0 Å². The first-order valence-corrected chi connectivity index (χ1v) is 8.34. The van der Waals surface area contributed by atoms with Gasteiger partial charge in [-0.25, -0.2) is 0 Å². The lowest BCUT2D eigenvalue weighted by molar-refractivity contribution is 0.0507. The van der Waals surface area contributed by atoms with Gasteiger partial charge in [0, 0.05) is 11.0 Å². The van der Waals surface area contributed by atoms with E-state index in [2.05, 4.69) is 59.2 Å². The highest BCUT2D eigenvalue weighted by atomic mass is 79.9. The van der Waals surface area contributed by atoms with Crippen LogP contribution in [0.15, 0.2) is 28.7 Å². The number of hydrogen-bond donors (Lipinski definition) is 0. The van der Waals surface area contributed by atoms with Gasteiger partial charge in [-0.15, -0.1) is 0 Å². The van der Waals surface area contributed by atoms with Crippen LogP contribution < -0.4 is 0 Å². The van der Waals surface area contributed by atoms with Crippen LogP contribution in [0.3, 0.4) is 0 Å². The van der Waals surface area contributed by atoms with Gasteiger partial charge in [0.2, 0.25) is 0 Å². The van der Waals surface area contributed by atoms with Gasteiger partial charge in [0.1, 0.15) is 0 Å². The van der Waals surface area contributed by atoms with Crippen molar-refractivity contribution in [3.63, 3.8) is 0 Å². The monoisotopic (exact) mass is 321 g/mol. The highest BCUT2D eigenvalue weighted by Crippen LogP contribution is 2.53. The minimum Gasteiger partial charge on any atom is -0.309 e. The summed E-state index contributed by atoms with van der Waals surface area (Å²) in [5.74, 6) is 3.55. The summed E-state index contributed by atoms with van der Waals surface area (Å²) < 4.78 is 1.20. The van der Waals surface area contributed by atoms with Gasteiger partial charge in [-0.1, -0.05) is 28.1 Å². The van der Waals surface area contributed by atoms with Crippen molar-refractivity contribution in [3.8, 4) is 0 Å². The normalized spacial score (nSPS) is 33.9. The van der Waals surface area contributed by atoms with Gasteiger partial charge in [-0.2, -0.15) is 0 Å². The van der Waals surface area contributed by atoms with Crippen molar-refractivity contribution in [2.24, 2.45) is 17.8 Å². The Balaban J connectivity index is 1.89. The zero-order valence-corrected chi connectivity index (χ0v) is 13.6. The maximum atomic E-state index is 3.56. The summed E-state index contributed by atoms with van der Waals surface area (Å²) >= 11 is 3.56. The Labute approximate surface area is 125 Å². The molecule has 19 heavy (non-hydrogen) atoms. The van der Waals surface area contributed by atoms with Gasteiger partial charge >= 0.3 is 0 Å². The molecular weight excluding hydrogens is 298 g/mol. The van der Waals surface area contributed by atoms with Crippen LogP contribution in [0, 0.1) is 17.8 Å². The summed E-state index contributed by atoms with van der Waals surface area (Å²) in [5.41, 5.74) is 1.57. The van der Waals surface area contributed by atoms with Gasteiger partial charge in [0.15, 0.2) is 0 Å². The molecule has 4 rings (SSSR count). The molecule has 3 aliphatic rings. The third-order valence-electron chi connectivity index (χ3n) is 5.22. The largest absolute Gasteiger partial charge is 0.309 e. The first-order valence-electron chi connectivity index (χ1n) is 7.55. The quantitative estimate of drug-likeness (QED) is 0.790. The smallest absolute Gasteiger partial charge is 0.0175 e. The van der Waals surface area contributed by atoms with Crippen LogP contribution in [-0.2, 0) is 0 Å². The molecule has 3 aliphatic carbocycles. The average Bonchev–Trinajstić information content (AvgIpc) is 2.41. The fourth-order valence-corrected chi connectivity index (χ4v) is 4.73. The van der Waals surface area contributed by atoms with Crippen LogP contribution in [0.5, 0.6) is 0 Å². The predicted octanol–water partition coefficient (Wildman–Crippen LogP) is 4.53. The number of benzene rings is 1. The Bertz CT molecular complexity index is 417. The van der Waals surface area contributed by atoms with E-state index in [1.807, 2.05) is 0 Å². The van der Waals surface area contributed by atoms with Gasteiger partial charge in [0.25, 0.3) is 0 Å². The minimum absolute atomic E-state index is 0.794. The van der Waals surface area contributed by atoms with Gasteiger partial charge < -0.3 is 4.90 Å². The molecule has 0 aromatic heterocycles. The lowest BCUT2D eigenvalue weighted by atomic mass is 9.57. The van der Waals surface area contributed by atoms with Crippen molar-refractivity contribution in [2.75, 3.05) is 20.6 Å². The Morgan fingerprint density at radius 1 is 1.00 bits per heavy atom. The lowest BCUT2D eigenvalue weighted by Gasteiger charge is -2.50. The fraction of sp³-hybridized carbons (Fsp3) is 0.647. The van der Waals surface area contributed by atoms with E-state index in [1.165, 1.54) is 36.7 Å². The number of halogens is 1. The third-order valence-corrected chi connectivity index (χ3v) is 5.75. The fourth-order valence-electron chi connectivity index (χ4n) is 4.46. The molecule has 2 bridgehead atoms. The van der Waals surface area contributed by atoms with Gasteiger partial charge in [-0.3, -0.25) is 0 Å². The highest BCUT2D eigenvalue weighted by molar-refractivity contribution is 9.10. The Kier molecular flexibility index (Phi) is 4.00. The van der Waals surface area contributed by atoms with Crippen LogP contribution in [0.4, 0.5) is 0 Å². The number of hydrogen-bond acceptors (Lipinski definition) is 1. The molecule has 0 spiro atoms. The van der Waals surface area contributed by atoms with Crippen molar-refractivity contribution in [1.29, 1.82) is 0 Å². The lowest BCUT2D eigenvalue weighted by Crippen LogP contribution is -2.43. The first kappa shape index (κ1) is 13.6. The topological polar surface area (TPSA) is 3.24 Å². The minimum atomic E-state index is 0.794. The van der Waals surface area contributed by atoms with E-state index >= 15 is 0 Å². The van der Waals surface area contributed by atoms with Crippen LogP contribution in [0.2, 0.25) is 0 Å². The van der Waals surface area contributed by atoms with Crippen molar-refractivity contribution in [3.05, 3.63) is 34.3 Å². The van der Waals surface area contributed by atoms with Gasteiger partial charge in [-0.05, 0) is 81.1 Å². The number of nitrogens with zero attached hydrogens (tertiary/aromatic N) is 1. The Morgan fingerprint density at radius 3 is 2.16 bits per heavy atom. The van der Waals surface area contributed by atoms with Crippen LogP contribution in [0.25, 0.3) is 0 Å². The molecule has 0 unspecified atom stereocenters. The maximum Gasteiger partial charge on any atom is 0.0175 e. The Morgan fingerprint density at radius 2 is 1.58 bits per heavy atom.